The zero-order chi connectivity index (χ0) is 18.0. The average molecular weight is 343 g/mol. The van der Waals surface area contributed by atoms with Gasteiger partial charge < -0.3 is 19.7 Å². The number of carbonyl (C=O) groups excluding carboxylic acids is 1. The Bertz CT molecular complexity index is 770. The lowest BCUT2D eigenvalue weighted by molar-refractivity contribution is 0.0293. The predicted molar refractivity (Wildman–Crippen MR) is 98.1 cm³/mol. The third kappa shape index (κ3) is 3.95. The minimum absolute atomic E-state index is 0.185. The van der Waals surface area contributed by atoms with Crippen LogP contribution in [0.2, 0.25) is 0 Å². The smallest absolute Gasteiger partial charge is 0.410 e. The Morgan fingerprint density at radius 2 is 2.12 bits per heavy atom. The largest absolute Gasteiger partial charge is 0.494 e. The van der Waals surface area contributed by atoms with Crippen LogP contribution in [0.1, 0.15) is 27.2 Å². The summed E-state index contributed by atoms with van der Waals surface area (Å²) in [7, 11) is 1.65. The van der Waals surface area contributed by atoms with Crippen LogP contribution in [-0.4, -0.2) is 47.8 Å². The third-order valence-electron chi connectivity index (χ3n) is 4.15. The molecule has 1 aliphatic rings. The van der Waals surface area contributed by atoms with E-state index in [9.17, 15) is 4.79 Å². The molecule has 0 bridgehead atoms. The number of nitrogens with one attached hydrogen (secondary N) is 1. The van der Waals surface area contributed by atoms with Gasteiger partial charge in [-0.15, -0.1) is 0 Å². The van der Waals surface area contributed by atoms with Crippen molar-refractivity contribution in [2.45, 2.75) is 38.8 Å². The topological polar surface area (TPSA) is 63.7 Å². The zero-order valence-corrected chi connectivity index (χ0v) is 15.2. The van der Waals surface area contributed by atoms with E-state index in [4.69, 9.17) is 9.47 Å². The molecule has 1 aromatic heterocycles. The SMILES string of the molecule is COc1ccc(N[C@H]2CCN(C(=O)OC(C)(C)C)C2)c2cccnc12. The van der Waals surface area contributed by atoms with Crippen LogP contribution < -0.4 is 10.1 Å². The highest BCUT2D eigenvalue weighted by Gasteiger charge is 2.30. The second kappa shape index (κ2) is 6.78. The maximum Gasteiger partial charge on any atom is 0.410 e. The van der Waals surface area contributed by atoms with Gasteiger partial charge in [0.05, 0.1) is 7.11 Å². The van der Waals surface area contributed by atoms with Gasteiger partial charge in [-0.3, -0.25) is 4.98 Å². The number of aromatic nitrogens is 1. The van der Waals surface area contributed by atoms with Crippen molar-refractivity contribution in [3.8, 4) is 5.75 Å². The summed E-state index contributed by atoms with van der Waals surface area (Å²) in [4.78, 5) is 18.4. The third-order valence-corrected chi connectivity index (χ3v) is 4.15. The molecular weight excluding hydrogens is 318 g/mol. The molecule has 6 heteroatoms. The van der Waals surface area contributed by atoms with E-state index in [0.717, 1.165) is 28.8 Å². The molecule has 0 aliphatic carbocycles. The molecule has 1 atom stereocenters. The van der Waals surface area contributed by atoms with Gasteiger partial charge in [-0.05, 0) is 51.5 Å². The van der Waals surface area contributed by atoms with Gasteiger partial charge in [-0.2, -0.15) is 0 Å². The molecular formula is C19H25N3O3. The molecule has 0 unspecified atom stereocenters. The number of carbonyl (C=O) groups is 1. The highest BCUT2D eigenvalue weighted by atomic mass is 16.6. The van der Waals surface area contributed by atoms with Crippen LogP contribution in [0.3, 0.4) is 0 Å². The first kappa shape index (κ1) is 17.3. The van der Waals surface area contributed by atoms with Crippen LogP contribution in [0.15, 0.2) is 30.5 Å². The van der Waals surface area contributed by atoms with E-state index < -0.39 is 5.60 Å². The summed E-state index contributed by atoms with van der Waals surface area (Å²) in [5, 5.41) is 4.55. The van der Waals surface area contributed by atoms with E-state index in [1.165, 1.54) is 0 Å². The minimum Gasteiger partial charge on any atom is -0.494 e. The van der Waals surface area contributed by atoms with Crippen LogP contribution in [0.4, 0.5) is 10.5 Å². The van der Waals surface area contributed by atoms with Crippen molar-refractivity contribution in [1.82, 2.24) is 9.88 Å². The number of pyridine rings is 1. The lowest BCUT2D eigenvalue weighted by atomic mass is 10.1. The Balaban J connectivity index is 1.72. The molecule has 134 valence electrons. The van der Waals surface area contributed by atoms with Crippen LogP contribution >= 0.6 is 0 Å². The maximum absolute atomic E-state index is 12.2. The van der Waals surface area contributed by atoms with Crippen LogP contribution in [0, 0.1) is 0 Å². The molecule has 1 fully saturated rings. The monoisotopic (exact) mass is 343 g/mol. The second-order valence-corrected chi connectivity index (χ2v) is 7.27. The molecule has 0 spiro atoms. The lowest BCUT2D eigenvalue weighted by Crippen LogP contribution is -2.36. The van der Waals surface area contributed by atoms with E-state index in [1.54, 1.807) is 18.2 Å². The fourth-order valence-corrected chi connectivity index (χ4v) is 3.03. The van der Waals surface area contributed by atoms with Gasteiger partial charge in [-0.25, -0.2) is 4.79 Å². The van der Waals surface area contributed by atoms with E-state index in [-0.39, 0.29) is 12.1 Å². The number of methoxy groups -OCH3 is 1. The van der Waals surface area contributed by atoms with Gasteiger partial charge in [-0.1, -0.05) is 0 Å². The van der Waals surface area contributed by atoms with Gasteiger partial charge in [0.15, 0.2) is 0 Å². The predicted octanol–water partition coefficient (Wildman–Crippen LogP) is 3.66. The molecule has 6 nitrogen and oxygen atoms in total. The van der Waals surface area contributed by atoms with Gasteiger partial charge in [0, 0.05) is 36.4 Å². The number of ether oxygens (including phenoxy) is 2. The standard InChI is InChI=1S/C19H25N3O3/c1-19(2,3)25-18(23)22-11-9-13(12-22)21-15-7-8-16(24-4)17-14(15)6-5-10-20-17/h5-8,10,13,21H,9,11-12H2,1-4H3/t13-/m0/s1. The molecule has 2 heterocycles. The van der Waals surface area contributed by atoms with E-state index in [1.807, 2.05) is 45.0 Å². The van der Waals surface area contributed by atoms with Crippen molar-refractivity contribution < 1.29 is 14.3 Å². The first-order valence-electron chi connectivity index (χ1n) is 8.53. The Morgan fingerprint density at radius 1 is 1.32 bits per heavy atom. The normalized spacial score (nSPS) is 17.6. The summed E-state index contributed by atoms with van der Waals surface area (Å²) in [5.41, 5.74) is 1.36. The summed E-state index contributed by atoms with van der Waals surface area (Å²) in [5.74, 6) is 0.753. The highest BCUT2D eigenvalue weighted by molar-refractivity contribution is 5.95. The van der Waals surface area contributed by atoms with Crippen molar-refractivity contribution in [1.29, 1.82) is 0 Å². The maximum atomic E-state index is 12.2. The van der Waals surface area contributed by atoms with Crippen molar-refractivity contribution in [2.24, 2.45) is 0 Å². The first-order valence-corrected chi connectivity index (χ1v) is 8.53. The van der Waals surface area contributed by atoms with Crippen LogP contribution in [0.5, 0.6) is 5.75 Å². The quantitative estimate of drug-likeness (QED) is 0.921. The van der Waals surface area contributed by atoms with Gasteiger partial charge in [0.2, 0.25) is 0 Å². The second-order valence-electron chi connectivity index (χ2n) is 7.27. The summed E-state index contributed by atoms with van der Waals surface area (Å²) in [6.45, 7) is 6.97. The van der Waals surface area contributed by atoms with Crippen molar-refractivity contribution in [2.75, 3.05) is 25.5 Å². The van der Waals surface area contributed by atoms with Crippen molar-refractivity contribution in [3.63, 3.8) is 0 Å². The molecule has 3 rings (SSSR count). The van der Waals surface area contributed by atoms with Gasteiger partial charge in [0.1, 0.15) is 16.9 Å². The highest BCUT2D eigenvalue weighted by Crippen LogP contribution is 2.31. The molecule has 2 aromatic rings. The van der Waals surface area contributed by atoms with Gasteiger partial charge in [0.25, 0.3) is 0 Å². The fraction of sp³-hybridized carbons (Fsp3) is 0.474. The number of likely N-dealkylation sites (tertiary alicyclic amines) is 1. The number of nitrogens with zero attached hydrogens (tertiary/aromatic N) is 2. The van der Waals surface area contributed by atoms with Crippen molar-refractivity contribution >= 4 is 22.7 Å². The first-order chi connectivity index (χ1) is 11.9. The number of amides is 1. The number of rotatable bonds is 3. The Labute approximate surface area is 148 Å². The molecule has 1 aromatic carbocycles. The number of hydrogen-bond acceptors (Lipinski definition) is 5. The Hall–Kier alpha value is -2.50. The molecule has 1 aliphatic heterocycles. The number of benzene rings is 1. The summed E-state index contributed by atoms with van der Waals surface area (Å²) >= 11 is 0. The Kier molecular flexibility index (Phi) is 4.70. The molecule has 1 N–H and O–H groups in total. The lowest BCUT2D eigenvalue weighted by Gasteiger charge is -2.24. The molecule has 1 saturated heterocycles. The van der Waals surface area contributed by atoms with E-state index in [0.29, 0.717) is 13.1 Å². The number of hydrogen-bond donors (Lipinski definition) is 1. The average Bonchev–Trinajstić information content (AvgIpc) is 3.02. The van der Waals surface area contributed by atoms with E-state index in [2.05, 4.69) is 10.3 Å². The molecule has 25 heavy (non-hydrogen) atoms. The van der Waals surface area contributed by atoms with Crippen LogP contribution in [-0.2, 0) is 4.74 Å². The summed E-state index contributed by atoms with van der Waals surface area (Å²) < 4.78 is 10.8. The summed E-state index contributed by atoms with van der Waals surface area (Å²) in [6, 6.07) is 8.03. The zero-order valence-electron chi connectivity index (χ0n) is 15.2. The van der Waals surface area contributed by atoms with Gasteiger partial charge >= 0.3 is 6.09 Å². The molecule has 1 amide bonds. The van der Waals surface area contributed by atoms with Crippen LogP contribution in [0.25, 0.3) is 10.9 Å². The van der Waals surface area contributed by atoms with Crippen molar-refractivity contribution in [3.05, 3.63) is 30.5 Å². The Morgan fingerprint density at radius 3 is 2.84 bits per heavy atom. The molecule has 0 radical (unpaired) electrons. The summed E-state index contributed by atoms with van der Waals surface area (Å²) in [6.07, 6.45) is 2.39. The molecule has 0 saturated carbocycles. The van der Waals surface area contributed by atoms with E-state index >= 15 is 0 Å². The number of fused-ring (bicyclic) bond motifs is 1. The number of anilines is 1. The minimum atomic E-state index is -0.472. The fourth-order valence-electron chi connectivity index (χ4n) is 3.03.